The number of hydrogen-bond acceptors (Lipinski definition) is 2. The fourth-order valence-corrected chi connectivity index (χ4v) is 2.64. The average Bonchev–Trinajstić information content (AvgIpc) is 2.25. The molecule has 0 aromatic carbocycles. The Morgan fingerprint density at radius 2 is 1.75 bits per heavy atom. The number of rotatable bonds is 5. The van der Waals surface area contributed by atoms with Gasteiger partial charge in [-0.15, -0.1) is 0 Å². The maximum absolute atomic E-state index is 11.0. The van der Waals surface area contributed by atoms with Crippen LogP contribution >= 0.6 is 0 Å². The molecule has 0 aromatic rings. The van der Waals surface area contributed by atoms with Crippen LogP contribution in [0.15, 0.2) is 0 Å². The molecule has 1 saturated carbocycles. The molecule has 0 saturated heterocycles. The minimum atomic E-state index is -1.01. The van der Waals surface area contributed by atoms with Crippen molar-refractivity contribution < 1.29 is 19.8 Å². The lowest BCUT2D eigenvalue weighted by Gasteiger charge is -2.31. The van der Waals surface area contributed by atoms with E-state index in [0.717, 1.165) is 32.1 Å². The van der Waals surface area contributed by atoms with Gasteiger partial charge in [0, 0.05) is 0 Å². The van der Waals surface area contributed by atoms with Gasteiger partial charge in [-0.3, -0.25) is 9.59 Å². The summed E-state index contributed by atoms with van der Waals surface area (Å²) in [4.78, 5) is 21.6. The monoisotopic (exact) mass is 228 g/mol. The van der Waals surface area contributed by atoms with E-state index in [1.807, 2.05) is 0 Å². The highest BCUT2D eigenvalue weighted by molar-refractivity contribution is 5.78. The molecular weight excluding hydrogens is 208 g/mol. The third kappa shape index (κ3) is 3.51. The van der Waals surface area contributed by atoms with E-state index in [0.29, 0.717) is 5.92 Å². The van der Waals surface area contributed by atoms with Crippen LogP contribution in [-0.4, -0.2) is 22.2 Å². The minimum Gasteiger partial charge on any atom is -0.481 e. The highest BCUT2D eigenvalue weighted by Crippen LogP contribution is 2.36. The van der Waals surface area contributed by atoms with E-state index in [2.05, 4.69) is 6.92 Å². The van der Waals surface area contributed by atoms with Gasteiger partial charge in [0.2, 0.25) is 0 Å². The lowest BCUT2D eigenvalue weighted by molar-refractivity contribution is -0.150. The van der Waals surface area contributed by atoms with Crippen LogP contribution in [0.4, 0.5) is 0 Å². The van der Waals surface area contributed by atoms with Crippen molar-refractivity contribution in [3.05, 3.63) is 0 Å². The van der Waals surface area contributed by atoms with Crippen LogP contribution in [0.3, 0.4) is 0 Å². The van der Waals surface area contributed by atoms with Gasteiger partial charge in [0.25, 0.3) is 0 Å². The predicted molar refractivity (Wildman–Crippen MR) is 59.1 cm³/mol. The lowest BCUT2D eigenvalue weighted by atomic mass is 9.74. The van der Waals surface area contributed by atoms with Gasteiger partial charge in [-0.2, -0.15) is 0 Å². The van der Waals surface area contributed by atoms with E-state index in [1.165, 1.54) is 0 Å². The summed E-state index contributed by atoms with van der Waals surface area (Å²) in [6.45, 7) is 2.15. The molecule has 0 spiro atoms. The number of hydrogen-bond donors (Lipinski definition) is 2. The van der Waals surface area contributed by atoms with Crippen LogP contribution in [0.2, 0.25) is 0 Å². The second-order valence-corrected chi connectivity index (χ2v) is 4.73. The standard InChI is InChI=1S/C12H20O4/c1-2-8-3-5-9(6-4-8)10(12(15)16)7-11(13)14/h8-10H,2-7H2,1H3,(H,13,14)(H,15,16). The van der Waals surface area contributed by atoms with E-state index in [4.69, 9.17) is 10.2 Å². The SMILES string of the molecule is CCC1CCC(C(CC(=O)O)C(=O)O)CC1. The summed E-state index contributed by atoms with van der Waals surface area (Å²) in [5, 5.41) is 17.7. The number of aliphatic carboxylic acids is 2. The van der Waals surface area contributed by atoms with Crippen molar-refractivity contribution in [1.29, 1.82) is 0 Å². The Hall–Kier alpha value is -1.06. The average molecular weight is 228 g/mol. The molecule has 0 aromatic heterocycles. The van der Waals surface area contributed by atoms with Crippen LogP contribution in [0.25, 0.3) is 0 Å². The minimum absolute atomic E-state index is 0.0522. The molecule has 1 fully saturated rings. The normalized spacial score (nSPS) is 27.3. The van der Waals surface area contributed by atoms with Crippen molar-refractivity contribution in [2.24, 2.45) is 17.8 Å². The molecule has 1 atom stereocenters. The summed E-state index contributed by atoms with van der Waals surface area (Å²) in [7, 11) is 0. The summed E-state index contributed by atoms with van der Waals surface area (Å²) in [5.74, 6) is -1.91. The second-order valence-electron chi connectivity index (χ2n) is 4.73. The predicted octanol–water partition coefficient (Wildman–Crippen LogP) is 2.38. The Kier molecular flexibility index (Phi) is 4.77. The van der Waals surface area contributed by atoms with Crippen molar-refractivity contribution in [1.82, 2.24) is 0 Å². The zero-order valence-corrected chi connectivity index (χ0v) is 9.69. The number of carboxylic acid groups (broad SMARTS) is 2. The van der Waals surface area contributed by atoms with E-state index in [9.17, 15) is 9.59 Å². The van der Waals surface area contributed by atoms with Crippen LogP contribution < -0.4 is 0 Å². The molecule has 0 radical (unpaired) electrons. The molecule has 4 nitrogen and oxygen atoms in total. The Morgan fingerprint density at radius 3 is 2.12 bits per heavy atom. The Bertz CT molecular complexity index is 254. The van der Waals surface area contributed by atoms with Gasteiger partial charge in [0.1, 0.15) is 0 Å². The largest absolute Gasteiger partial charge is 0.481 e. The van der Waals surface area contributed by atoms with Crippen molar-refractivity contribution in [2.45, 2.75) is 45.4 Å². The summed E-state index contributed by atoms with van der Waals surface area (Å²) < 4.78 is 0. The van der Waals surface area contributed by atoms with Gasteiger partial charge in [-0.05, 0) is 24.7 Å². The first-order valence-electron chi connectivity index (χ1n) is 5.99. The first-order valence-corrected chi connectivity index (χ1v) is 5.99. The van der Waals surface area contributed by atoms with Crippen molar-refractivity contribution in [2.75, 3.05) is 0 Å². The molecule has 16 heavy (non-hydrogen) atoms. The van der Waals surface area contributed by atoms with E-state index in [1.54, 1.807) is 0 Å². The zero-order valence-electron chi connectivity index (χ0n) is 9.69. The van der Waals surface area contributed by atoms with Gasteiger partial charge in [-0.25, -0.2) is 0 Å². The van der Waals surface area contributed by atoms with E-state index in [-0.39, 0.29) is 12.3 Å². The Morgan fingerprint density at radius 1 is 1.19 bits per heavy atom. The zero-order chi connectivity index (χ0) is 12.1. The molecule has 1 aliphatic carbocycles. The van der Waals surface area contributed by atoms with Crippen molar-refractivity contribution >= 4 is 11.9 Å². The summed E-state index contributed by atoms with van der Waals surface area (Å²) in [5.41, 5.74) is 0. The highest BCUT2D eigenvalue weighted by atomic mass is 16.4. The second kappa shape index (κ2) is 5.87. The maximum Gasteiger partial charge on any atom is 0.307 e. The van der Waals surface area contributed by atoms with Crippen LogP contribution in [0.1, 0.15) is 45.4 Å². The van der Waals surface area contributed by atoms with Crippen molar-refractivity contribution in [3.63, 3.8) is 0 Å². The molecule has 1 rings (SSSR count). The number of carbonyl (C=O) groups is 2. The summed E-state index contributed by atoms with van der Waals surface area (Å²) >= 11 is 0. The molecule has 0 bridgehead atoms. The lowest BCUT2D eigenvalue weighted by Crippen LogP contribution is -2.29. The first-order chi connectivity index (χ1) is 7.54. The van der Waals surface area contributed by atoms with Crippen LogP contribution in [0, 0.1) is 17.8 Å². The molecular formula is C12H20O4. The molecule has 0 amide bonds. The Labute approximate surface area is 95.7 Å². The molecule has 0 aliphatic heterocycles. The molecule has 1 aliphatic rings. The Balaban J connectivity index is 2.53. The summed E-state index contributed by atoms with van der Waals surface area (Å²) in [6.07, 6.45) is 4.72. The molecule has 2 N–H and O–H groups in total. The van der Waals surface area contributed by atoms with Crippen LogP contribution in [0.5, 0.6) is 0 Å². The fourth-order valence-electron chi connectivity index (χ4n) is 2.64. The topological polar surface area (TPSA) is 74.6 Å². The molecule has 0 heterocycles. The fraction of sp³-hybridized carbons (Fsp3) is 0.833. The van der Waals surface area contributed by atoms with Gasteiger partial charge < -0.3 is 10.2 Å². The molecule has 92 valence electrons. The number of carboxylic acids is 2. The van der Waals surface area contributed by atoms with Gasteiger partial charge in [0.15, 0.2) is 0 Å². The third-order valence-electron chi connectivity index (χ3n) is 3.75. The first kappa shape index (κ1) is 13.0. The summed E-state index contributed by atoms with van der Waals surface area (Å²) in [6, 6.07) is 0. The highest BCUT2D eigenvalue weighted by Gasteiger charge is 2.32. The van der Waals surface area contributed by atoms with E-state index < -0.39 is 17.9 Å². The maximum atomic E-state index is 11.0. The molecule has 4 heteroatoms. The van der Waals surface area contributed by atoms with Gasteiger partial charge in [0.05, 0.1) is 12.3 Å². The van der Waals surface area contributed by atoms with Crippen molar-refractivity contribution in [3.8, 4) is 0 Å². The smallest absolute Gasteiger partial charge is 0.307 e. The quantitative estimate of drug-likeness (QED) is 0.757. The van der Waals surface area contributed by atoms with Gasteiger partial charge in [-0.1, -0.05) is 26.2 Å². The third-order valence-corrected chi connectivity index (χ3v) is 3.75. The molecule has 1 unspecified atom stereocenters. The van der Waals surface area contributed by atoms with E-state index >= 15 is 0 Å². The van der Waals surface area contributed by atoms with Crippen LogP contribution in [-0.2, 0) is 9.59 Å². The van der Waals surface area contributed by atoms with Gasteiger partial charge >= 0.3 is 11.9 Å².